The summed E-state index contributed by atoms with van der Waals surface area (Å²) in [6, 6.07) is 9.43. The Morgan fingerprint density at radius 1 is 0.633 bits per heavy atom. The highest BCUT2D eigenvalue weighted by Crippen LogP contribution is 2.36. The molecule has 3 amide bonds. The van der Waals surface area contributed by atoms with Crippen LogP contribution in [0.25, 0.3) is 30.6 Å². The van der Waals surface area contributed by atoms with Gasteiger partial charge in [-0.05, 0) is 75.9 Å². The number of nitrogen functional groups attached to an aromatic ring is 3. The van der Waals surface area contributed by atoms with Crippen LogP contribution in [0.3, 0.4) is 0 Å². The standard InChI is InChI=1S/C15H15N5OS.C14H14N6OS.C10H10N4OS/c1-8-9(2)19-20-15-11(8)12(16)13(22-15)14(21)18-7-10-5-3-4-6-17-10;1-7-8(2)19-20-14-10(7)11(15)12(22-14)13(21)17-5-9-3-4-16-6-18-9;11-7-6-3-4-12-14-10(6)16-8(7)9(15)13-5-1-2-5/h3-6H,7,16H2,1-2H3,(H,18,21);3-4,6H,5,15H2,1-2H3,(H,17,21);3-5H,1-2,11H2,(H,13,15). The normalized spacial score (nSPS) is 12.0. The minimum absolute atomic E-state index is 0.0944. The summed E-state index contributed by atoms with van der Waals surface area (Å²) in [4.78, 5) is 52.1. The third-order valence-corrected chi connectivity index (χ3v) is 12.7. The molecule has 306 valence electrons. The predicted octanol–water partition coefficient (Wildman–Crippen LogP) is 4.99. The third-order valence-electron chi connectivity index (χ3n) is 9.45. The molecule has 8 heterocycles. The van der Waals surface area contributed by atoms with Crippen molar-refractivity contribution in [3.8, 4) is 0 Å². The Morgan fingerprint density at radius 2 is 1.20 bits per heavy atom. The molecular formula is C39H39N15O3S3. The zero-order chi connectivity index (χ0) is 42.5. The highest BCUT2D eigenvalue weighted by atomic mass is 32.1. The molecule has 0 bridgehead atoms. The van der Waals surface area contributed by atoms with E-state index in [1.165, 1.54) is 40.3 Å². The molecule has 0 spiro atoms. The van der Waals surface area contributed by atoms with E-state index in [4.69, 9.17) is 17.2 Å². The lowest BCUT2D eigenvalue weighted by molar-refractivity contribution is 0.0947. The van der Waals surface area contributed by atoms with Crippen LogP contribution in [-0.4, -0.2) is 69.3 Å². The van der Waals surface area contributed by atoms with Crippen LogP contribution < -0.4 is 33.2 Å². The topological polar surface area (TPSA) is 281 Å². The van der Waals surface area contributed by atoms with E-state index < -0.39 is 0 Å². The van der Waals surface area contributed by atoms with Crippen molar-refractivity contribution in [2.75, 3.05) is 17.2 Å². The molecule has 0 unspecified atom stereocenters. The average Bonchev–Trinajstić information content (AvgIpc) is 3.79. The van der Waals surface area contributed by atoms with Gasteiger partial charge in [0.05, 0.1) is 59.1 Å². The van der Waals surface area contributed by atoms with Gasteiger partial charge in [-0.3, -0.25) is 19.4 Å². The lowest BCUT2D eigenvalue weighted by Crippen LogP contribution is -2.25. The molecule has 1 aliphatic carbocycles. The SMILES string of the molecule is Cc1nnc2sc(C(=O)NCc3ccccn3)c(N)c2c1C.Cc1nnc2sc(C(=O)NCc3ccncn3)c(N)c2c1C.Nc1c(C(=O)NC2CC2)sc2nnccc12. The first-order valence-corrected chi connectivity index (χ1v) is 20.9. The molecular weight excluding hydrogens is 823 g/mol. The maximum absolute atomic E-state index is 12.3. The molecule has 9 rings (SSSR count). The van der Waals surface area contributed by atoms with Crippen molar-refractivity contribution in [1.82, 2.24) is 61.5 Å². The number of pyridine rings is 1. The summed E-state index contributed by atoms with van der Waals surface area (Å²) < 4.78 is 0. The molecule has 0 radical (unpaired) electrons. The van der Waals surface area contributed by atoms with Crippen LogP contribution in [0.1, 0.15) is 75.8 Å². The van der Waals surface area contributed by atoms with E-state index in [1.807, 2.05) is 45.9 Å². The van der Waals surface area contributed by atoms with Crippen molar-refractivity contribution in [2.45, 2.75) is 59.7 Å². The summed E-state index contributed by atoms with van der Waals surface area (Å²) in [6.45, 7) is 8.28. The van der Waals surface area contributed by atoms with Crippen molar-refractivity contribution in [1.29, 1.82) is 0 Å². The molecule has 9 N–H and O–H groups in total. The minimum atomic E-state index is -0.240. The largest absolute Gasteiger partial charge is 0.397 e. The average molecular weight is 862 g/mol. The fourth-order valence-corrected chi connectivity index (χ4v) is 8.74. The monoisotopic (exact) mass is 861 g/mol. The molecule has 8 aromatic rings. The molecule has 1 fully saturated rings. The lowest BCUT2D eigenvalue weighted by Gasteiger charge is -2.04. The number of carbonyl (C=O) groups is 3. The third kappa shape index (κ3) is 9.07. The van der Waals surface area contributed by atoms with Crippen molar-refractivity contribution >= 4 is 99.4 Å². The van der Waals surface area contributed by atoms with E-state index in [9.17, 15) is 14.4 Å². The number of hydrogen-bond acceptors (Lipinski definition) is 18. The summed E-state index contributed by atoms with van der Waals surface area (Å²) in [6.07, 6.45) is 8.47. The molecule has 0 aromatic carbocycles. The molecule has 1 saturated carbocycles. The molecule has 0 saturated heterocycles. The smallest absolute Gasteiger partial charge is 0.263 e. The first-order chi connectivity index (χ1) is 28.9. The van der Waals surface area contributed by atoms with Gasteiger partial charge in [0.1, 0.15) is 35.4 Å². The zero-order valence-electron chi connectivity index (χ0n) is 32.8. The molecule has 1 aliphatic rings. The van der Waals surface area contributed by atoms with Gasteiger partial charge in [0.15, 0.2) is 0 Å². The second-order valence-corrected chi connectivity index (χ2v) is 16.6. The van der Waals surface area contributed by atoms with E-state index in [-0.39, 0.29) is 17.7 Å². The van der Waals surface area contributed by atoms with E-state index in [0.29, 0.717) is 65.3 Å². The highest BCUT2D eigenvalue weighted by Gasteiger charge is 2.26. The minimum Gasteiger partial charge on any atom is -0.397 e. The van der Waals surface area contributed by atoms with E-state index in [2.05, 4.69) is 61.5 Å². The van der Waals surface area contributed by atoms with Crippen molar-refractivity contribution in [3.63, 3.8) is 0 Å². The van der Waals surface area contributed by atoms with Gasteiger partial charge in [-0.2, -0.15) is 15.3 Å². The predicted molar refractivity (Wildman–Crippen MR) is 234 cm³/mol. The van der Waals surface area contributed by atoms with E-state index in [1.54, 1.807) is 30.7 Å². The Morgan fingerprint density at radius 3 is 1.72 bits per heavy atom. The number of aromatic nitrogens is 9. The van der Waals surface area contributed by atoms with Gasteiger partial charge in [0, 0.05) is 34.6 Å². The Kier molecular flexibility index (Phi) is 12.4. The van der Waals surface area contributed by atoms with Crippen LogP contribution >= 0.6 is 34.0 Å². The number of carbonyl (C=O) groups excluding carboxylic acids is 3. The number of aryl methyl sites for hydroxylation is 4. The fourth-order valence-electron chi connectivity index (χ4n) is 5.77. The van der Waals surface area contributed by atoms with Crippen molar-refractivity contribution in [2.24, 2.45) is 0 Å². The van der Waals surface area contributed by atoms with Crippen LogP contribution in [0.4, 0.5) is 17.1 Å². The number of nitrogens with two attached hydrogens (primary N) is 3. The number of rotatable bonds is 8. The van der Waals surface area contributed by atoms with Gasteiger partial charge < -0.3 is 33.2 Å². The van der Waals surface area contributed by atoms with Crippen LogP contribution in [0.2, 0.25) is 0 Å². The summed E-state index contributed by atoms with van der Waals surface area (Å²) in [5, 5.41) is 35.1. The van der Waals surface area contributed by atoms with Crippen LogP contribution in [0, 0.1) is 27.7 Å². The molecule has 21 heteroatoms. The summed E-state index contributed by atoms with van der Waals surface area (Å²) >= 11 is 3.80. The second kappa shape index (κ2) is 18.0. The second-order valence-electron chi connectivity index (χ2n) is 13.6. The lowest BCUT2D eigenvalue weighted by atomic mass is 10.1. The van der Waals surface area contributed by atoms with Gasteiger partial charge in [0.2, 0.25) is 0 Å². The molecule has 0 aliphatic heterocycles. The number of nitrogens with zero attached hydrogens (tertiary/aromatic N) is 9. The molecule has 60 heavy (non-hydrogen) atoms. The van der Waals surface area contributed by atoms with Crippen LogP contribution in [0.5, 0.6) is 0 Å². The number of hydrogen-bond donors (Lipinski definition) is 6. The van der Waals surface area contributed by atoms with Gasteiger partial charge in [0.25, 0.3) is 17.7 Å². The first-order valence-electron chi connectivity index (χ1n) is 18.5. The van der Waals surface area contributed by atoms with Crippen molar-refractivity contribution < 1.29 is 14.4 Å². The molecule has 8 aromatic heterocycles. The van der Waals surface area contributed by atoms with E-state index >= 15 is 0 Å². The van der Waals surface area contributed by atoms with Crippen LogP contribution in [0.15, 0.2) is 55.2 Å². The zero-order valence-corrected chi connectivity index (χ0v) is 35.3. The van der Waals surface area contributed by atoms with Gasteiger partial charge in [-0.15, -0.1) is 49.3 Å². The molecule has 0 atom stereocenters. The Labute approximate surface area is 354 Å². The number of thiophene rings is 3. The number of nitrogens with one attached hydrogen (secondary N) is 3. The maximum Gasteiger partial charge on any atom is 0.263 e. The summed E-state index contributed by atoms with van der Waals surface area (Å²) in [5.41, 5.74) is 24.7. The number of fused-ring (bicyclic) bond motifs is 3. The van der Waals surface area contributed by atoms with E-state index in [0.717, 1.165) is 62.9 Å². The van der Waals surface area contributed by atoms with Crippen LogP contribution in [-0.2, 0) is 13.1 Å². The highest BCUT2D eigenvalue weighted by molar-refractivity contribution is 7.22. The fraction of sp³-hybridized carbons (Fsp3) is 0.231. The molecule has 18 nitrogen and oxygen atoms in total. The van der Waals surface area contributed by atoms with Gasteiger partial charge >= 0.3 is 0 Å². The Balaban J connectivity index is 0.000000138. The Hall–Kier alpha value is -6.84. The number of amides is 3. The summed E-state index contributed by atoms with van der Waals surface area (Å²) in [7, 11) is 0. The maximum atomic E-state index is 12.3. The number of anilines is 3. The van der Waals surface area contributed by atoms with Gasteiger partial charge in [-0.1, -0.05) is 6.07 Å². The van der Waals surface area contributed by atoms with Crippen molar-refractivity contribution in [3.05, 3.63) is 104 Å². The summed E-state index contributed by atoms with van der Waals surface area (Å²) in [5.74, 6) is -0.553. The quantitative estimate of drug-likeness (QED) is 0.117. The first kappa shape index (κ1) is 41.3. The Bertz CT molecular complexity index is 2720. The van der Waals surface area contributed by atoms with Gasteiger partial charge in [-0.25, -0.2) is 9.97 Å².